The first kappa shape index (κ1) is 14.6. The Morgan fingerprint density at radius 3 is 2.31 bits per heavy atom. The molecule has 1 unspecified atom stereocenters. The first-order valence-electron chi connectivity index (χ1n) is 5.49. The van der Waals surface area contributed by atoms with Crippen LogP contribution in [0.2, 0.25) is 0 Å². The third-order valence-corrected chi connectivity index (χ3v) is 2.18. The van der Waals surface area contributed by atoms with E-state index in [0.29, 0.717) is 6.42 Å². The second-order valence-corrected chi connectivity index (χ2v) is 3.80. The Bertz CT molecular complexity index is 263. The Balaban J connectivity index is 4.07. The van der Waals surface area contributed by atoms with Crippen LogP contribution in [0.1, 0.15) is 46.0 Å². The molecule has 5 heteroatoms. The first-order valence-corrected chi connectivity index (χ1v) is 5.49. The Morgan fingerprint density at radius 2 is 1.88 bits per heavy atom. The Hall–Kier alpha value is -1.39. The maximum absolute atomic E-state index is 11.3. The van der Waals surface area contributed by atoms with Crippen LogP contribution in [0.5, 0.6) is 0 Å². The number of amides is 1. The standard InChI is InChI=1S/C11H19NO4/c1-3-4-5-10(14)12-9(11(15)16)7-6-8(2)13/h9H,3-7H2,1-2H3,(H,12,14)(H,15,16). The van der Waals surface area contributed by atoms with Crippen LogP contribution in [-0.4, -0.2) is 28.8 Å². The molecule has 0 saturated carbocycles. The van der Waals surface area contributed by atoms with E-state index in [-0.39, 0.29) is 24.5 Å². The van der Waals surface area contributed by atoms with Gasteiger partial charge in [-0.1, -0.05) is 13.3 Å². The molecule has 92 valence electrons. The van der Waals surface area contributed by atoms with E-state index in [4.69, 9.17) is 5.11 Å². The molecular weight excluding hydrogens is 210 g/mol. The fraction of sp³-hybridized carbons (Fsp3) is 0.727. The number of hydrogen-bond acceptors (Lipinski definition) is 3. The fourth-order valence-electron chi connectivity index (χ4n) is 1.21. The van der Waals surface area contributed by atoms with Crippen molar-refractivity contribution < 1.29 is 19.5 Å². The van der Waals surface area contributed by atoms with Crippen LogP contribution >= 0.6 is 0 Å². The predicted molar refractivity (Wildman–Crippen MR) is 59.0 cm³/mol. The van der Waals surface area contributed by atoms with Gasteiger partial charge in [-0.3, -0.25) is 4.79 Å². The second kappa shape index (κ2) is 7.84. The molecule has 16 heavy (non-hydrogen) atoms. The largest absolute Gasteiger partial charge is 0.480 e. The van der Waals surface area contributed by atoms with Crippen LogP contribution in [0.4, 0.5) is 0 Å². The monoisotopic (exact) mass is 229 g/mol. The van der Waals surface area contributed by atoms with E-state index in [1.165, 1.54) is 6.92 Å². The van der Waals surface area contributed by atoms with Gasteiger partial charge in [0.05, 0.1) is 0 Å². The van der Waals surface area contributed by atoms with Crippen LogP contribution in [0, 0.1) is 0 Å². The number of hydrogen-bond donors (Lipinski definition) is 2. The van der Waals surface area contributed by atoms with Crippen LogP contribution in [0.15, 0.2) is 0 Å². The second-order valence-electron chi connectivity index (χ2n) is 3.80. The van der Waals surface area contributed by atoms with Crippen molar-refractivity contribution >= 4 is 17.7 Å². The molecule has 0 aliphatic rings. The van der Waals surface area contributed by atoms with Crippen molar-refractivity contribution in [2.75, 3.05) is 0 Å². The molecule has 5 nitrogen and oxygen atoms in total. The smallest absolute Gasteiger partial charge is 0.326 e. The molecule has 0 rings (SSSR count). The number of unbranched alkanes of at least 4 members (excludes halogenated alkanes) is 1. The maximum Gasteiger partial charge on any atom is 0.326 e. The Morgan fingerprint density at radius 1 is 1.25 bits per heavy atom. The molecular formula is C11H19NO4. The number of nitrogens with one attached hydrogen (secondary N) is 1. The highest BCUT2D eigenvalue weighted by molar-refractivity contribution is 5.84. The van der Waals surface area contributed by atoms with Gasteiger partial charge in [-0.25, -0.2) is 4.79 Å². The summed E-state index contributed by atoms with van der Waals surface area (Å²) in [5.74, 6) is -1.43. The Labute approximate surface area is 95.2 Å². The number of carbonyl (C=O) groups is 3. The van der Waals surface area contributed by atoms with Crippen LogP contribution in [0.3, 0.4) is 0 Å². The number of Topliss-reactive ketones (excluding diaryl/α,β-unsaturated/α-hetero) is 1. The molecule has 0 aromatic carbocycles. The van der Waals surface area contributed by atoms with Crippen molar-refractivity contribution in [1.29, 1.82) is 0 Å². The molecule has 0 aliphatic carbocycles. The average Bonchev–Trinajstić information content (AvgIpc) is 2.20. The number of carboxylic acid groups (broad SMARTS) is 1. The van der Waals surface area contributed by atoms with Gasteiger partial charge in [0.2, 0.25) is 5.91 Å². The van der Waals surface area contributed by atoms with Crippen LogP contribution < -0.4 is 5.32 Å². The molecule has 0 aliphatic heterocycles. The molecule has 0 spiro atoms. The lowest BCUT2D eigenvalue weighted by Crippen LogP contribution is -2.40. The minimum absolute atomic E-state index is 0.0749. The van der Waals surface area contributed by atoms with Gasteiger partial charge in [0.25, 0.3) is 0 Å². The number of carbonyl (C=O) groups excluding carboxylic acids is 2. The Kier molecular flexibility index (Phi) is 7.16. The molecule has 0 saturated heterocycles. The summed E-state index contributed by atoms with van der Waals surface area (Å²) in [5.41, 5.74) is 0. The van der Waals surface area contributed by atoms with E-state index in [1.807, 2.05) is 6.92 Å². The lowest BCUT2D eigenvalue weighted by molar-refractivity contribution is -0.142. The topological polar surface area (TPSA) is 83.5 Å². The van der Waals surface area contributed by atoms with Gasteiger partial charge in [0.15, 0.2) is 0 Å². The zero-order valence-electron chi connectivity index (χ0n) is 9.78. The van der Waals surface area contributed by atoms with E-state index in [0.717, 1.165) is 12.8 Å². The number of ketones is 1. The number of aliphatic carboxylic acids is 1. The third-order valence-electron chi connectivity index (χ3n) is 2.18. The molecule has 2 N–H and O–H groups in total. The molecule has 1 amide bonds. The van der Waals surface area contributed by atoms with Crippen molar-refractivity contribution in [3.05, 3.63) is 0 Å². The SMILES string of the molecule is CCCCC(=O)NC(CCC(C)=O)C(=O)O. The minimum atomic E-state index is -1.09. The molecule has 1 atom stereocenters. The highest BCUT2D eigenvalue weighted by Crippen LogP contribution is 2.01. The van der Waals surface area contributed by atoms with Gasteiger partial charge in [-0.05, 0) is 19.8 Å². The van der Waals surface area contributed by atoms with Crippen molar-refractivity contribution in [3.8, 4) is 0 Å². The summed E-state index contributed by atoms with van der Waals surface area (Å²) in [6.07, 6.45) is 2.29. The summed E-state index contributed by atoms with van der Waals surface area (Å²) in [4.78, 5) is 32.8. The number of rotatable bonds is 8. The summed E-state index contributed by atoms with van der Waals surface area (Å²) in [6, 6.07) is -0.951. The molecule has 0 radical (unpaired) electrons. The molecule has 0 heterocycles. The number of carboxylic acids is 1. The third kappa shape index (κ3) is 6.98. The van der Waals surface area contributed by atoms with Crippen molar-refractivity contribution in [2.45, 2.75) is 52.0 Å². The molecule has 0 aromatic rings. The summed E-state index contributed by atoms with van der Waals surface area (Å²) in [6.45, 7) is 3.36. The van der Waals surface area contributed by atoms with Gasteiger partial charge in [-0.15, -0.1) is 0 Å². The van der Waals surface area contributed by atoms with Gasteiger partial charge in [-0.2, -0.15) is 0 Å². The van der Waals surface area contributed by atoms with Gasteiger partial charge < -0.3 is 15.2 Å². The zero-order valence-corrected chi connectivity index (χ0v) is 9.78. The van der Waals surface area contributed by atoms with Crippen LogP contribution in [-0.2, 0) is 14.4 Å². The zero-order chi connectivity index (χ0) is 12.6. The van der Waals surface area contributed by atoms with Gasteiger partial charge in [0.1, 0.15) is 11.8 Å². The summed E-state index contributed by atoms with van der Waals surface area (Å²) >= 11 is 0. The minimum Gasteiger partial charge on any atom is -0.480 e. The summed E-state index contributed by atoms with van der Waals surface area (Å²) in [5, 5.41) is 11.3. The predicted octanol–water partition coefficient (Wildman–Crippen LogP) is 1.12. The highest BCUT2D eigenvalue weighted by atomic mass is 16.4. The van der Waals surface area contributed by atoms with Gasteiger partial charge >= 0.3 is 5.97 Å². The van der Waals surface area contributed by atoms with Gasteiger partial charge in [0, 0.05) is 12.8 Å². The van der Waals surface area contributed by atoms with E-state index < -0.39 is 12.0 Å². The summed E-state index contributed by atoms with van der Waals surface area (Å²) < 4.78 is 0. The van der Waals surface area contributed by atoms with Crippen LogP contribution in [0.25, 0.3) is 0 Å². The molecule has 0 aromatic heterocycles. The van der Waals surface area contributed by atoms with E-state index in [9.17, 15) is 14.4 Å². The average molecular weight is 229 g/mol. The molecule has 0 bridgehead atoms. The van der Waals surface area contributed by atoms with E-state index in [1.54, 1.807) is 0 Å². The maximum atomic E-state index is 11.3. The van der Waals surface area contributed by atoms with E-state index in [2.05, 4.69) is 5.32 Å². The lowest BCUT2D eigenvalue weighted by Gasteiger charge is -2.13. The van der Waals surface area contributed by atoms with Crippen molar-refractivity contribution in [3.63, 3.8) is 0 Å². The summed E-state index contributed by atoms with van der Waals surface area (Å²) in [7, 11) is 0. The highest BCUT2D eigenvalue weighted by Gasteiger charge is 2.19. The van der Waals surface area contributed by atoms with E-state index >= 15 is 0 Å². The normalized spacial score (nSPS) is 11.9. The quantitative estimate of drug-likeness (QED) is 0.653. The lowest BCUT2D eigenvalue weighted by atomic mass is 10.1. The first-order chi connectivity index (χ1) is 7.47. The van der Waals surface area contributed by atoms with Crippen molar-refractivity contribution in [2.24, 2.45) is 0 Å². The fourth-order valence-corrected chi connectivity index (χ4v) is 1.21. The molecule has 0 fully saturated rings. The van der Waals surface area contributed by atoms with Crippen molar-refractivity contribution in [1.82, 2.24) is 5.32 Å².